The summed E-state index contributed by atoms with van der Waals surface area (Å²) >= 11 is 0. The number of fused-ring (bicyclic) bond motifs is 1. The minimum atomic E-state index is -0.731. The van der Waals surface area contributed by atoms with Crippen molar-refractivity contribution < 1.29 is 14.0 Å². The average molecular weight is 432 g/mol. The summed E-state index contributed by atoms with van der Waals surface area (Å²) in [6, 6.07) is 9.55. The molecule has 0 bridgehead atoms. The van der Waals surface area contributed by atoms with Crippen molar-refractivity contribution in [2.75, 3.05) is 18.4 Å². The molecule has 158 valence electrons. The Kier molecular flexibility index (Phi) is 6.69. The van der Waals surface area contributed by atoms with Crippen LogP contribution in [0.3, 0.4) is 0 Å². The standard InChI is InChI=1S/C21H22FN5O2.ClH/c22-15-9-14-12-27(26-20(14)18(10-15)21(23)29)17-5-3-16(4-6-17)25-19(28)8-13-2-1-7-24-11-13;/h3-6,9-10,12-13,24H,1-2,7-8,11H2,(H2,23,29)(H,25,28);1H/t13-;/m1./s1. The molecule has 1 aromatic heterocycles. The Morgan fingerprint density at radius 3 is 2.70 bits per heavy atom. The van der Waals surface area contributed by atoms with Gasteiger partial charge in [0.15, 0.2) is 0 Å². The molecular formula is C21H23ClFN5O2. The molecule has 1 fully saturated rings. The van der Waals surface area contributed by atoms with E-state index in [1.165, 1.54) is 6.07 Å². The largest absolute Gasteiger partial charge is 0.366 e. The van der Waals surface area contributed by atoms with E-state index in [0.29, 0.717) is 34.6 Å². The van der Waals surface area contributed by atoms with Gasteiger partial charge in [-0.15, -0.1) is 12.4 Å². The number of carbonyl (C=O) groups excluding carboxylic acids is 2. The van der Waals surface area contributed by atoms with Crippen LogP contribution in [0.25, 0.3) is 16.6 Å². The molecule has 0 unspecified atom stereocenters. The molecule has 30 heavy (non-hydrogen) atoms. The summed E-state index contributed by atoms with van der Waals surface area (Å²) in [7, 11) is 0. The van der Waals surface area contributed by atoms with Crippen LogP contribution in [0.1, 0.15) is 29.6 Å². The lowest BCUT2D eigenvalue weighted by molar-refractivity contribution is -0.117. The van der Waals surface area contributed by atoms with Gasteiger partial charge in [0.1, 0.15) is 11.3 Å². The van der Waals surface area contributed by atoms with Crippen LogP contribution in [0.5, 0.6) is 0 Å². The number of benzene rings is 2. The lowest BCUT2D eigenvalue weighted by atomic mass is 9.96. The molecule has 3 aromatic rings. The molecular weight excluding hydrogens is 409 g/mol. The first-order chi connectivity index (χ1) is 14.0. The van der Waals surface area contributed by atoms with Gasteiger partial charge in [-0.25, -0.2) is 9.07 Å². The van der Waals surface area contributed by atoms with Crippen LogP contribution in [0.2, 0.25) is 0 Å². The highest BCUT2D eigenvalue weighted by Crippen LogP contribution is 2.22. The predicted molar refractivity (Wildman–Crippen MR) is 116 cm³/mol. The molecule has 2 aromatic carbocycles. The minimum Gasteiger partial charge on any atom is -0.366 e. The number of hydrogen-bond acceptors (Lipinski definition) is 4. The molecule has 9 heteroatoms. The molecule has 0 aliphatic carbocycles. The first-order valence-corrected chi connectivity index (χ1v) is 9.59. The monoisotopic (exact) mass is 431 g/mol. The second-order valence-corrected chi connectivity index (χ2v) is 7.34. The van der Waals surface area contributed by atoms with Crippen LogP contribution in [0.15, 0.2) is 42.6 Å². The maximum absolute atomic E-state index is 13.7. The van der Waals surface area contributed by atoms with E-state index in [1.54, 1.807) is 35.1 Å². The molecule has 0 radical (unpaired) electrons. The van der Waals surface area contributed by atoms with Gasteiger partial charge in [-0.3, -0.25) is 9.59 Å². The number of nitrogens with zero attached hydrogens (tertiary/aromatic N) is 2. The van der Waals surface area contributed by atoms with Crippen molar-refractivity contribution in [3.05, 3.63) is 54.0 Å². The zero-order chi connectivity index (χ0) is 20.4. The van der Waals surface area contributed by atoms with E-state index in [0.717, 1.165) is 32.0 Å². The van der Waals surface area contributed by atoms with E-state index in [1.807, 2.05) is 0 Å². The first-order valence-electron chi connectivity index (χ1n) is 9.59. The maximum Gasteiger partial charge on any atom is 0.251 e. The molecule has 1 saturated heterocycles. The van der Waals surface area contributed by atoms with E-state index in [4.69, 9.17) is 5.73 Å². The SMILES string of the molecule is Cl.NC(=O)c1cc(F)cc2cn(-c3ccc(NC(=O)C[C@H]4CCCNC4)cc3)nc12. The normalized spacial score (nSPS) is 16.1. The molecule has 1 aliphatic heterocycles. The van der Waals surface area contributed by atoms with Crippen molar-refractivity contribution in [2.24, 2.45) is 11.7 Å². The molecule has 7 nitrogen and oxygen atoms in total. The van der Waals surface area contributed by atoms with Crippen molar-refractivity contribution in [2.45, 2.75) is 19.3 Å². The Balaban J connectivity index is 0.00000256. The molecule has 4 rings (SSSR count). The molecule has 0 spiro atoms. The zero-order valence-electron chi connectivity index (χ0n) is 16.2. The van der Waals surface area contributed by atoms with Crippen LogP contribution in [0, 0.1) is 11.7 Å². The molecule has 1 aliphatic rings. The third-order valence-corrected chi connectivity index (χ3v) is 5.13. The second kappa shape index (κ2) is 9.23. The van der Waals surface area contributed by atoms with Gasteiger partial charge < -0.3 is 16.4 Å². The molecule has 2 amide bonds. The van der Waals surface area contributed by atoms with E-state index < -0.39 is 11.7 Å². The number of nitrogens with two attached hydrogens (primary N) is 1. The Hall–Kier alpha value is -2.97. The van der Waals surface area contributed by atoms with E-state index in [9.17, 15) is 14.0 Å². The smallest absolute Gasteiger partial charge is 0.251 e. The first kappa shape index (κ1) is 21.7. The highest BCUT2D eigenvalue weighted by molar-refractivity contribution is 6.04. The van der Waals surface area contributed by atoms with Crippen molar-refractivity contribution >= 4 is 40.8 Å². The predicted octanol–water partition coefficient (Wildman–Crippen LogP) is 3.01. The molecule has 1 atom stereocenters. The topological polar surface area (TPSA) is 102 Å². The van der Waals surface area contributed by atoms with Crippen LogP contribution >= 0.6 is 12.4 Å². The number of anilines is 1. The number of hydrogen-bond donors (Lipinski definition) is 3. The second-order valence-electron chi connectivity index (χ2n) is 7.34. The lowest BCUT2D eigenvalue weighted by Gasteiger charge is -2.22. The third-order valence-electron chi connectivity index (χ3n) is 5.13. The van der Waals surface area contributed by atoms with Gasteiger partial charge in [-0.2, -0.15) is 5.10 Å². The number of carbonyl (C=O) groups is 2. The van der Waals surface area contributed by atoms with Crippen LogP contribution in [0.4, 0.5) is 10.1 Å². The van der Waals surface area contributed by atoms with Gasteiger partial charge in [-0.05, 0) is 68.2 Å². The summed E-state index contributed by atoms with van der Waals surface area (Å²) in [5.41, 5.74) is 7.13. The highest BCUT2D eigenvalue weighted by atomic mass is 35.5. The summed E-state index contributed by atoms with van der Waals surface area (Å²) in [6.45, 7) is 1.91. The summed E-state index contributed by atoms with van der Waals surface area (Å²) in [6.07, 6.45) is 4.31. The fraction of sp³-hybridized carbons (Fsp3) is 0.286. The quantitative estimate of drug-likeness (QED) is 0.577. The number of aromatic nitrogens is 2. The van der Waals surface area contributed by atoms with Gasteiger partial charge >= 0.3 is 0 Å². The van der Waals surface area contributed by atoms with E-state index >= 15 is 0 Å². The average Bonchev–Trinajstić information content (AvgIpc) is 3.12. The number of amides is 2. The number of piperidine rings is 1. The number of halogens is 2. The minimum absolute atomic E-state index is 0. The Morgan fingerprint density at radius 2 is 2.03 bits per heavy atom. The summed E-state index contributed by atoms with van der Waals surface area (Å²) in [5, 5.41) is 11.1. The van der Waals surface area contributed by atoms with Gasteiger partial charge in [0, 0.05) is 23.7 Å². The molecule has 2 heterocycles. The summed E-state index contributed by atoms with van der Waals surface area (Å²) < 4.78 is 15.3. The van der Waals surface area contributed by atoms with Gasteiger partial charge in [-0.1, -0.05) is 0 Å². The number of rotatable bonds is 5. The van der Waals surface area contributed by atoms with Crippen molar-refractivity contribution in [1.82, 2.24) is 15.1 Å². The fourth-order valence-electron chi connectivity index (χ4n) is 3.69. The number of nitrogens with one attached hydrogen (secondary N) is 2. The van der Waals surface area contributed by atoms with E-state index in [2.05, 4.69) is 15.7 Å². The van der Waals surface area contributed by atoms with Gasteiger partial charge in [0.2, 0.25) is 5.91 Å². The van der Waals surface area contributed by atoms with Crippen molar-refractivity contribution in [1.29, 1.82) is 0 Å². The zero-order valence-corrected chi connectivity index (χ0v) is 17.0. The molecule has 0 saturated carbocycles. The summed E-state index contributed by atoms with van der Waals surface area (Å²) in [5.74, 6) is -0.903. The van der Waals surface area contributed by atoms with Gasteiger partial charge in [0.05, 0.1) is 11.3 Å². The Labute approximate surface area is 179 Å². The fourth-order valence-corrected chi connectivity index (χ4v) is 3.69. The lowest BCUT2D eigenvalue weighted by Crippen LogP contribution is -2.32. The Morgan fingerprint density at radius 1 is 1.27 bits per heavy atom. The maximum atomic E-state index is 13.7. The molecule has 4 N–H and O–H groups in total. The van der Waals surface area contributed by atoms with E-state index in [-0.39, 0.29) is 23.9 Å². The van der Waals surface area contributed by atoms with Crippen LogP contribution in [-0.4, -0.2) is 34.7 Å². The Bertz CT molecular complexity index is 1060. The van der Waals surface area contributed by atoms with Crippen LogP contribution in [-0.2, 0) is 4.79 Å². The van der Waals surface area contributed by atoms with Gasteiger partial charge in [0.25, 0.3) is 5.91 Å². The third kappa shape index (κ3) is 4.77. The van der Waals surface area contributed by atoms with Crippen molar-refractivity contribution in [3.8, 4) is 5.69 Å². The van der Waals surface area contributed by atoms with Crippen LogP contribution < -0.4 is 16.4 Å². The number of primary amides is 1. The highest BCUT2D eigenvalue weighted by Gasteiger charge is 2.17. The van der Waals surface area contributed by atoms with Crippen molar-refractivity contribution in [3.63, 3.8) is 0 Å². The summed E-state index contributed by atoms with van der Waals surface area (Å²) in [4.78, 5) is 23.8.